The third-order valence-electron chi connectivity index (χ3n) is 3.53. The normalized spacial score (nSPS) is 16.6. The molecule has 5 heteroatoms. The number of ether oxygens (including phenoxy) is 1. The summed E-state index contributed by atoms with van der Waals surface area (Å²) < 4.78 is 4.54. The maximum Gasteiger partial charge on any atom is 0.305 e. The van der Waals surface area contributed by atoms with Gasteiger partial charge < -0.3 is 10.1 Å². The van der Waals surface area contributed by atoms with Gasteiger partial charge in [0.25, 0.3) is 0 Å². The number of methoxy groups -OCH3 is 1. The molecule has 0 saturated carbocycles. The molecule has 0 radical (unpaired) electrons. The summed E-state index contributed by atoms with van der Waals surface area (Å²) >= 11 is 5.96. The van der Waals surface area contributed by atoms with Crippen molar-refractivity contribution in [2.75, 3.05) is 7.11 Å². The monoisotopic (exact) mass is 295 g/mol. The van der Waals surface area contributed by atoms with E-state index < -0.39 is 0 Å². The van der Waals surface area contributed by atoms with Crippen LogP contribution in [0.25, 0.3) is 0 Å². The number of hydrogen-bond donors (Lipinski definition) is 1. The minimum atomic E-state index is -0.279. The zero-order valence-electron chi connectivity index (χ0n) is 11.4. The molecule has 4 nitrogen and oxygen atoms in total. The number of aryl methyl sites for hydroxylation is 1. The molecule has 1 atom stereocenters. The van der Waals surface area contributed by atoms with Gasteiger partial charge in [0.1, 0.15) is 0 Å². The second-order valence-electron chi connectivity index (χ2n) is 4.93. The lowest BCUT2D eigenvalue weighted by molar-refractivity contribution is -0.140. The molecule has 0 heterocycles. The number of benzene rings is 1. The lowest BCUT2D eigenvalue weighted by Crippen LogP contribution is -2.26. The molecule has 0 bridgehead atoms. The van der Waals surface area contributed by atoms with Gasteiger partial charge in [0.05, 0.1) is 13.2 Å². The topological polar surface area (TPSA) is 55.4 Å². The van der Waals surface area contributed by atoms with Gasteiger partial charge in [-0.25, -0.2) is 0 Å². The average molecular weight is 296 g/mol. The number of nitrogens with one attached hydrogen (secondary N) is 1. The van der Waals surface area contributed by atoms with Gasteiger partial charge in [-0.1, -0.05) is 17.7 Å². The molecule has 1 aliphatic carbocycles. The number of carbonyl (C=O) groups is 2. The van der Waals surface area contributed by atoms with Crippen molar-refractivity contribution < 1.29 is 14.3 Å². The molecule has 2 rings (SSSR count). The van der Waals surface area contributed by atoms with Crippen LogP contribution in [0, 0.1) is 0 Å². The number of carbonyl (C=O) groups excluding carboxylic acids is 2. The zero-order valence-corrected chi connectivity index (χ0v) is 12.2. The number of hydrogen-bond acceptors (Lipinski definition) is 3. The van der Waals surface area contributed by atoms with E-state index in [4.69, 9.17) is 11.6 Å². The van der Waals surface area contributed by atoms with E-state index in [1.54, 1.807) is 0 Å². The highest BCUT2D eigenvalue weighted by molar-refractivity contribution is 6.30. The Morgan fingerprint density at radius 3 is 2.95 bits per heavy atom. The highest BCUT2D eigenvalue weighted by Crippen LogP contribution is 2.32. The third kappa shape index (κ3) is 3.73. The van der Waals surface area contributed by atoms with Gasteiger partial charge >= 0.3 is 5.97 Å². The van der Waals surface area contributed by atoms with E-state index in [-0.39, 0.29) is 24.3 Å². The Kier molecular flexibility index (Phi) is 5.01. The van der Waals surface area contributed by atoms with Gasteiger partial charge in [0.2, 0.25) is 5.91 Å². The standard InChI is InChI=1S/C15H18ClNO3/c1-20-15(19)4-2-3-14(18)17-13-8-5-10-9-11(16)6-7-12(10)13/h6-7,9,13H,2-5,8H2,1H3,(H,17,18)/t13-/m0/s1. The molecule has 0 fully saturated rings. The van der Waals surface area contributed by atoms with Crippen molar-refractivity contribution >= 4 is 23.5 Å². The van der Waals surface area contributed by atoms with E-state index in [0.717, 1.165) is 23.4 Å². The van der Waals surface area contributed by atoms with E-state index in [1.165, 1.54) is 12.7 Å². The van der Waals surface area contributed by atoms with Crippen molar-refractivity contribution in [2.24, 2.45) is 0 Å². The first-order chi connectivity index (χ1) is 9.60. The van der Waals surface area contributed by atoms with Crippen molar-refractivity contribution in [2.45, 2.75) is 38.1 Å². The second kappa shape index (κ2) is 6.75. The third-order valence-corrected chi connectivity index (χ3v) is 3.77. The summed E-state index contributed by atoms with van der Waals surface area (Å²) in [5.74, 6) is -0.305. The van der Waals surface area contributed by atoms with Crippen LogP contribution in [0.15, 0.2) is 18.2 Å². The predicted octanol–water partition coefficient (Wildman–Crippen LogP) is 2.79. The van der Waals surface area contributed by atoms with Crippen molar-refractivity contribution in [3.8, 4) is 0 Å². The summed E-state index contributed by atoms with van der Waals surface area (Å²) in [4.78, 5) is 22.8. The van der Waals surface area contributed by atoms with Crippen LogP contribution in [0.2, 0.25) is 5.02 Å². The van der Waals surface area contributed by atoms with Crippen molar-refractivity contribution in [1.29, 1.82) is 0 Å². The van der Waals surface area contributed by atoms with Gasteiger partial charge in [0, 0.05) is 17.9 Å². The van der Waals surface area contributed by atoms with E-state index in [0.29, 0.717) is 12.8 Å². The zero-order chi connectivity index (χ0) is 14.5. The molecular weight excluding hydrogens is 278 g/mol. The molecule has 0 spiro atoms. The average Bonchev–Trinajstić information content (AvgIpc) is 2.80. The quantitative estimate of drug-likeness (QED) is 0.850. The number of halogens is 1. The van der Waals surface area contributed by atoms with Crippen molar-refractivity contribution in [3.63, 3.8) is 0 Å². The molecule has 0 unspecified atom stereocenters. The van der Waals surface area contributed by atoms with Crippen LogP contribution in [0.4, 0.5) is 0 Å². The van der Waals surface area contributed by atoms with Crippen LogP contribution in [-0.4, -0.2) is 19.0 Å². The fraction of sp³-hybridized carbons (Fsp3) is 0.467. The summed E-state index contributed by atoms with van der Waals surface area (Å²) in [6, 6.07) is 5.85. The summed E-state index contributed by atoms with van der Waals surface area (Å²) in [5, 5.41) is 3.74. The molecular formula is C15H18ClNO3. The van der Waals surface area contributed by atoms with Crippen molar-refractivity contribution in [1.82, 2.24) is 5.32 Å². The Bertz CT molecular complexity index is 516. The van der Waals surface area contributed by atoms with Crippen LogP contribution in [0.5, 0.6) is 0 Å². The minimum Gasteiger partial charge on any atom is -0.469 e. The minimum absolute atomic E-state index is 0.0262. The first-order valence-electron chi connectivity index (χ1n) is 6.74. The summed E-state index contributed by atoms with van der Waals surface area (Å²) in [5.41, 5.74) is 2.35. The van der Waals surface area contributed by atoms with E-state index >= 15 is 0 Å². The predicted molar refractivity (Wildman–Crippen MR) is 76.5 cm³/mol. The molecule has 0 aliphatic heterocycles. The fourth-order valence-electron chi connectivity index (χ4n) is 2.50. The second-order valence-corrected chi connectivity index (χ2v) is 5.37. The first-order valence-corrected chi connectivity index (χ1v) is 7.12. The highest BCUT2D eigenvalue weighted by Gasteiger charge is 2.23. The van der Waals surface area contributed by atoms with Crippen LogP contribution in [0.1, 0.15) is 42.9 Å². The first kappa shape index (κ1) is 14.9. The maximum absolute atomic E-state index is 11.9. The van der Waals surface area contributed by atoms with Crippen LogP contribution in [0.3, 0.4) is 0 Å². The van der Waals surface area contributed by atoms with Gasteiger partial charge in [-0.15, -0.1) is 0 Å². The van der Waals surface area contributed by atoms with E-state index in [2.05, 4.69) is 10.1 Å². The summed E-state index contributed by atoms with van der Waals surface area (Å²) in [6.07, 6.45) is 2.97. The van der Waals surface area contributed by atoms with Crippen LogP contribution < -0.4 is 5.32 Å². The Hall–Kier alpha value is -1.55. The largest absolute Gasteiger partial charge is 0.469 e. The summed E-state index contributed by atoms with van der Waals surface area (Å²) in [7, 11) is 1.35. The molecule has 1 aliphatic rings. The lowest BCUT2D eigenvalue weighted by atomic mass is 10.1. The van der Waals surface area contributed by atoms with Crippen molar-refractivity contribution in [3.05, 3.63) is 34.3 Å². The smallest absolute Gasteiger partial charge is 0.305 e. The van der Waals surface area contributed by atoms with Gasteiger partial charge in [-0.2, -0.15) is 0 Å². The summed E-state index contributed by atoms with van der Waals surface area (Å²) in [6.45, 7) is 0. The van der Waals surface area contributed by atoms with Gasteiger partial charge in [-0.05, 0) is 42.5 Å². The number of rotatable bonds is 5. The Balaban J connectivity index is 1.83. The Morgan fingerprint density at radius 2 is 2.20 bits per heavy atom. The van der Waals surface area contributed by atoms with Crippen LogP contribution in [-0.2, 0) is 20.7 Å². The number of amides is 1. The molecule has 1 N–H and O–H groups in total. The Labute approximate surface area is 123 Å². The molecule has 1 amide bonds. The molecule has 0 aromatic heterocycles. The molecule has 1 aromatic rings. The fourth-order valence-corrected chi connectivity index (χ4v) is 2.69. The maximum atomic E-state index is 11.9. The molecule has 0 saturated heterocycles. The van der Waals surface area contributed by atoms with E-state index in [9.17, 15) is 9.59 Å². The molecule has 1 aromatic carbocycles. The van der Waals surface area contributed by atoms with Gasteiger partial charge in [-0.3, -0.25) is 9.59 Å². The number of esters is 1. The molecule has 20 heavy (non-hydrogen) atoms. The SMILES string of the molecule is COC(=O)CCCC(=O)N[C@H]1CCc2cc(Cl)ccc21. The van der Waals surface area contributed by atoms with Gasteiger partial charge in [0.15, 0.2) is 0 Å². The molecule has 108 valence electrons. The Morgan fingerprint density at radius 1 is 1.40 bits per heavy atom. The highest BCUT2D eigenvalue weighted by atomic mass is 35.5. The lowest BCUT2D eigenvalue weighted by Gasteiger charge is -2.14. The number of fused-ring (bicyclic) bond motifs is 1. The van der Waals surface area contributed by atoms with Crippen LogP contribution >= 0.6 is 11.6 Å². The van der Waals surface area contributed by atoms with E-state index in [1.807, 2.05) is 18.2 Å².